The third kappa shape index (κ3) is 6.42. The molecule has 56 heavy (non-hydrogen) atoms. The van der Waals surface area contributed by atoms with Gasteiger partial charge in [-0.05, 0) is 80.8 Å². The number of alkyl halides is 3. The third-order valence-electron chi connectivity index (χ3n) is 10.3. The number of hydrogen-bond acceptors (Lipinski definition) is 10. The van der Waals surface area contributed by atoms with Crippen LogP contribution in [0.1, 0.15) is 59.6 Å². The molecule has 0 bridgehead atoms. The number of amides is 2. The largest absolute Gasteiger partial charge is 0.505 e. The second-order valence-corrected chi connectivity index (χ2v) is 16.2. The van der Waals surface area contributed by atoms with Crippen LogP contribution in [0.4, 0.5) is 24.5 Å². The lowest BCUT2D eigenvalue weighted by molar-refractivity contribution is -0.137. The number of nitrogens with zero attached hydrogens (tertiary/aromatic N) is 7. The van der Waals surface area contributed by atoms with Crippen LogP contribution in [0.5, 0.6) is 5.75 Å². The summed E-state index contributed by atoms with van der Waals surface area (Å²) in [5, 5.41) is 17.0. The highest BCUT2D eigenvalue weighted by molar-refractivity contribution is 7.93. The molecule has 0 aliphatic carbocycles. The zero-order valence-electron chi connectivity index (χ0n) is 29.5. The molecule has 2 amide bonds. The molecule has 3 aliphatic rings. The fraction of sp³-hybridized carbons (Fsp3) is 0.333. The second kappa shape index (κ2) is 13.6. The number of aromatic nitrogens is 5. The minimum Gasteiger partial charge on any atom is -0.505 e. The maximum atomic E-state index is 14.5. The summed E-state index contributed by atoms with van der Waals surface area (Å²) in [5.74, 6) is -1.36. The van der Waals surface area contributed by atoms with Crippen molar-refractivity contribution < 1.29 is 41.0 Å². The maximum Gasteiger partial charge on any atom is 0.416 e. The molecule has 1 spiro atoms. The van der Waals surface area contributed by atoms with E-state index in [1.54, 1.807) is 31.2 Å². The zero-order valence-corrected chi connectivity index (χ0v) is 31.0. The van der Waals surface area contributed by atoms with Gasteiger partial charge in [-0.1, -0.05) is 11.6 Å². The number of anilines is 2. The Balaban J connectivity index is 1.18. The molecule has 5 aromatic rings. The van der Waals surface area contributed by atoms with Crippen LogP contribution >= 0.6 is 11.6 Å². The molecule has 20 heteroatoms. The van der Waals surface area contributed by atoms with E-state index in [0.29, 0.717) is 36.0 Å². The van der Waals surface area contributed by atoms with Gasteiger partial charge in [-0.3, -0.25) is 18.7 Å². The van der Waals surface area contributed by atoms with Gasteiger partial charge >= 0.3 is 6.18 Å². The molecule has 292 valence electrons. The molecule has 0 radical (unpaired) electrons. The van der Waals surface area contributed by atoms with Crippen LogP contribution < -0.4 is 15.2 Å². The van der Waals surface area contributed by atoms with Crippen LogP contribution in [-0.4, -0.2) is 79.8 Å². The number of carbonyl (C=O) groups is 2. The Morgan fingerprint density at radius 2 is 1.82 bits per heavy atom. The predicted molar refractivity (Wildman–Crippen MR) is 196 cm³/mol. The number of carbonyl (C=O) groups excluding carboxylic acids is 2. The number of aromatic hydroxyl groups is 1. The number of rotatable bonds is 6. The van der Waals surface area contributed by atoms with Gasteiger partial charge in [-0.25, -0.2) is 13.4 Å². The van der Waals surface area contributed by atoms with Gasteiger partial charge in [0.2, 0.25) is 21.7 Å². The van der Waals surface area contributed by atoms with Crippen LogP contribution in [0.25, 0.3) is 17.2 Å². The van der Waals surface area contributed by atoms with Crippen LogP contribution in [0, 0.1) is 0 Å². The highest BCUT2D eigenvalue weighted by atomic mass is 35.5. The summed E-state index contributed by atoms with van der Waals surface area (Å²) < 4.78 is 75.2. The van der Waals surface area contributed by atoms with Gasteiger partial charge in [0.05, 0.1) is 45.1 Å². The molecule has 8 rings (SSSR count). The van der Waals surface area contributed by atoms with Gasteiger partial charge in [0.1, 0.15) is 17.9 Å². The quantitative estimate of drug-likeness (QED) is 0.243. The third-order valence-corrected chi connectivity index (χ3v) is 12.4. The number of nitrogens with one attached hydrogen (secondary N) is 1. The summed E-state index contributed by atoms with van der Waals surface area (Å²) in [6.45, 7) is 1.83. The van der Waals surface area contributed by atoms with Crippen LogP contribution in [-0.2, 0) is 37.9 Å². The zero-order chi connectivity index (χ0) is 39.7. The lowest BCUT2D eigenvalue weighted by Gasteiger charge is -2.39. The monoisotopic (exact) mass is 812 g/mol. The van der Waals surface area contributed by atoms with Crippen molar-refractivity contribution in [2.75, 3.05) is 35.0 Å². The number of benzene rings is 2. The van der Waals surface area contributed by atoms with E-state index < -0.39 is 57.4 Å². The highest BCUT2D eigenvalue weighted by Crippen LogP contribution is 2.48. The topological polar surface area (TPSA) is 181 Å². The van der Waals surface area contributed by atoms with Crippen molar-refractivity contribution in [3.8, 4) is 17.1 Å². The molecule has 2 fully saturated rings. The number of piperidine rings is 1. The van der Waals surface area contributed by atoms with Gasteiger partial charge in [0.15, 0.2) is 11.5 Å². The number of hydrogen-bond donors (Lipinski definition) is 2. The van der Waals surface area contributed by atoms with E-state index in [2.05, 4.69) is 20.4 Å². The first-order chi connectivity index (χ1) is 26.6. The van der Waals surface area contributed by atoms with E-state index in [4.69, 9.17) is 16.3 Å². The first kappa shape index (κ1) is 37.4. The molecule has 3 aliphatic heterocycles. The van der Waals surface area contributed by atoms with Gasteiger partial charge in [-0.2, -0.15) is 22.7 Å². The molecule has 1 atom stereocenters. The highest BCUT2D eigenvalue weighted by Gasteiger charge is 2.50. The standard InChI is InChI=1S/C36H32ClF3N8O7S/c1-20-30-28(35(55-20)11-15-45(16-12-35)33(52)29-26(49)4-2-13-41-29)32(51)48-34(46(30)19-27(50)42-25-10-7-22(18-24(25)37)36(38,39)40)43-31(44-48)21-5-8-23(9-6-21)47-14-3-17-56(47,53)54/h2,4-10,13,18,20,49H,3,11-12,14-17,19H2,1H3,(H,42,50)/t20-/m1/s1. The number of sulfonamides is 1. The van der Waals surface area contributed by atoms with Crippen LogP contribution in [0.2, 0.25) is 5.02 Å². The van der Waals surface area contributed by atoms with Gasteiger partial charge in [0.25, 0.3) is 11.5 Å². The molecular weight excluding hydrogens is 781 g/mol. The molecule has 2 N–H and O–H groups in total. The Hall–Kier alpha value is -5.53. The number of halogens is 4. The smallest absolute Gasteiger partial charge is 0.416 e. The summed E-state index contributed by atoms with van der Waals surface area (Å²) in [5.41, 5.74) is -1.52. The lowest BCUT2D eigenvalue weighted by Crippen LogP contribution is -2.47. The molecule has 6 heterocycles. The summed E-state index contributed by atoms with van der Waals surface area (Å²) in [6, 6.07) is 11.9. The van der Waals surface area contributed by atoms with Crippen LogP contribution in [0.3, 0.4) is 0 Å². The Morgan fingerprint density at radius 1 is 1.09 bits per heavy atom. The Morgan fingerprint density at radius 3 is 2.46 bits per heavy atom. The Bertz CT molecular complexity index is 2590. The molecule has 2 aromatic carbocycles. The van der Waals surface area contributed by atoms with Gasteiger partial charge in [-0.15, -0.1) is 5.10 Å². The predicted octanol–water partition coefficient (Wildman–Crippen LogP) is 4.73. The summed E-state index contributed by atoms with van der Waals surface area (Å²) in [4.78, 5) is 51.7. The van der Waals surface area contributed by atoms with E-state index in [-0.39, 0.29) is 71.0 Å². The maximum absolute atomic E-state index is 14.5. The lowest BCUT2D eigenvalue weighted by atomic mass is 9.85. The average Bonchev–Trinajstić information content (AvgIpc) is 3.84. The van der Waals surface area contributed by atoms with E-state index in [1.807, 2.05) is 0 Å². The fourth-order valence-electron chi connectivity index (χ4n) is 7.64. The van der Waals surface area contributed by atoms with E-state index in [1.165, 1.54) is 32.1 Å². The molecule has 15 nitrogen and oxygen atoms in total. The van der Waals surface area contributed by atoms with Crippen molar-refractivity contribution in [3.05, 3.63) is 98.7 Å². The first-order valence-electron chi connectivity index (χ1n) is 17.5. The number of fused-ring (bicyclic) bond motifs is 3. The number of likely N-dealkylation sites (tertiary alicyclic amines) is 1. The fourth-order valence-corrected chi connectivity index (χ4v) is 9.43. The van der Waals surface area contributed by atoms with Gasteiger partial charge < -0.3 is 24.6 Å². The summed E-state index contributed by atoms with van der Waals surface area (Å²) in [6.07, 6.45) is -3.19. The summed E-state index contributed by atoms with van der Waals surface area (Å²) in [7, 11) is -3.44. The van der Waals surface area contributed by atoms with E-state index in [0.717, 1.165) is 16.6 Å². The molecular formula is C36H32ClF3N8O7S. The SMILES string of the molecule is C[C@H]1OC2(CCN(C(=O)c3ncccc3O)CC2)c2c1n(CC(=O)Nc1ccc(C(F)(F)F)cc1Cl)c1nc(-c3ccc(N4CCCS4(=O)=O)cc3)nn1c2=O. The molecule has 0 saturated carbocycles. The van der Waals surface area contributed by atoms with E-state index in [9.17, 15) is 41.1 Å². The number of ether oxygens (including phenoxy) is 1. The Labute approximate surface area is 321 Å². The van der Waals surface area contributed by atoms with Crippen LogP contribution in [0.15, 0.2) is 65.6 Å². The van der Waals surface area contributed by atoms with E-state index >= 15 is 0 Å². The van der Waals surface area contributed by atoms with Crippen molar-refractivity contribution in [3.63, 3.8) is 0 Å². The minimum atomic E-state index is -4.65. The van der Waals surface area contributed by atoms with Crippen molar-refractivity contribution in [1.82, 2.24) is 29.0 Å². The molecule has 2 saturated heterocycles. The van der Waals surface area contributed by atoms with Gasteiger partial charge in [0, 0.05) is 31.4 Å². The Kier molecular flexibility index (Phi) is 9.08. The summed E-state index contributed by atoms with van der Waals surface area (Å²) >= 11 is 6.14. The van der Waals surface area contributed by atoms with Crippen molar-refractivity contribution in [2.45, 2.75) is 50.6 Å². The minimum absolute atomic E-state index is 0.0330. The second-order valence-electron chi connectivity index (χ2n) is 13.7. The van der Waals surface area contributed by atoms with Crippen molar-refractivity contribution in [2.24, 2.45) is 0 Å². The number of pyridine rings is 1. The normalized spacial score (nSPS) is 18.8. The van der Waals surface area contributed by atoms with Crippen molar-refractivity contribution >= 4 is 50.6 Å². The molecule has 3 aromatic heterocycles. The first-order valence-corrected chi connectivity index (χ1v) is 19.5. The average molecular weight is 813 g/mol. The molecule has 0 unspecified atom stereocenters. The van der Waals surface area contributed by atoms with Crippen molar-refractivity contribution in [1.29, 1.82) is 0 Å².